The van der Waals surface area contributed by atoms with Gasteiger partial charge in [0.15, 0.2) is 5.13 Å². The van der Waals surface area contributed by atoms with E-state index in [0.29, 0.717) is 18.1 Å². The van der Waals surface area contributed by atoms with E-state index in [9.17, 15) is 13.2 Å². The third-order valence-electron chi connectivity index (χ3n) is 4.30. The molecule has 0 saturated carbocycles. The highest BCUT2D eigenvalue weighted by Crippen LogP contribution is 2.30. The number of fused-ring (bicyclic) bond motifs is 1. The Morgan fingerprint density at radius 1 is 1.21 bits per heavy atom. The Bertz CT molecular complexity index is 1080. The summed E-state index contributed by atoms with van der Waals surface area (Å²) in [6.07, 6.45) is 4.82. The summed E-state index contributed by atoms with van der Waals surface area (Å²) in [4.78, 5) is 25.3. The van der Waals surface area contributed by atoms with Crippen molar-refractivity contribution in [1.29, 1.82) is 0 Å². The van der Waals surface area contributed by atoms with Gasteiger partial charge >= 0.3 is 0 Å². The molecule has 3 heterocycles. The number of carbonyl (C=O) groups is 1. The Hall–Kier alpha value is -2.69. The van der Waals surface area contributed by atoms with Gasteiger partial charge in [0.1, 0.15) is 5.69 Å². The molecule has 0 unspecified atom stereocenters. The number of hydrogen-bond donors (Lipinski definition) is 1. The quantitative estimate of drug-likeness (QED) is 0.684. The predicted molar refractivity (Wildman–Crippen MR) is 105 cm³/mol. The van der Waals surface area contributed by atoms with E-state index in [0.717, 1.165) is 16.1 Å². The standard InChI is InChI=1S/C18H17N5O3S2/c24-17(15-10-19-7-8-20-15)22-18-21-14-6-9-23(11-16(14)27-18)28(25,26)12-13-4-2-1-3-5-13/h1-5,7-8,10H,6,9,11-12H2,(H,21,22,24). The number of anilines is 1. The van der Waals surface area contributed by atoms with Crippen LogP contribution in [0.1, 0.15) is 26.6 Å². The van der Waals surface area contributed by atoms with Gasteiger partial charge in [0.25, 0.3) is 5.91 Å². The maximum absolute atomic E-state index is 12.8. The number of carbonyl (C=O) groups excluding carboxylic acids is 1. The molecule has 1 amide bonds. The predicted octanol–water partition coefficient (Wildman–Crippen LogP) is 2.07. The van der Waals surface area contributed by atoms with E-state index < -0.39 is 15.9 Å². The Labute approximate surface area is 166 Å². The van der Waals surface area contributed by atoms with Gasteiger partial charge in [-0.05, 0) is 5.56 Å². The molecule has 0 saturated heterocycles. The Morgan fingerprint density at radius 2 is 2.04 bits per heavy atom. The second-order valence-corrected chi connectivity index (χ2v) is 9.31. The molecule has 1 aromatic carbocycles. The van der Waals surface area contributed by atoms with Crippen LogP contribution in [0, 0.1) is 0 Å². The van der Waals surface area contributed by atoms with E-state index in [-0.39, 0.29) is 18.0 Å². The van der Waals surface area contributed by atoms with Gasteiger partial charge in [0.2, 0.25) is 10.0 Å². The molecule has 0 aliphatic carbocycles. The SMILES string of the molecule is O=C(Nc1nc2c(s1)CN(S(=O)(=O)Cc1ccccc1)CC2)c1cnccn1. The van der Waals surface area contributed by atoms with Gasteiger partial charge in [0, 0.05) is 36.8 Å². The lowest BCUT2D eigenvalue weighted by atomic mass is 10.2. The summed E-state index contributed by atoms with van der Waals surface area (Å²) < 4.78 is 27.0. The van der Waals surface area contributed by atoms with Crippen LogP contribution in [0.4, 0.5) is 5.13 Å². The number of aromatic nitrogens is 3. The topological polar surface area (TPSA) is 105 Å². The van der Waals surface area contributed by atoms with Gasteiger partial charge in [-0.1, -0.05) is 30.3 Å². The van der Waals surface area contributed by atoms with Crippen molar-refractivity contribution >= 4 is 32.4 Å². The van der Waals surface area contributed by atoms with Gasteiger partial charge in [-0.15, -0.1) is 11.3 Å². The lowest BCUT2D eigenvalue weighted by Gasteiger charge is -2.25. The van der Waals surface area contributed by atoms with Crippen molar-refractivity contribution in [2.24, 2.45) is 0 Å². The van der Waals surface area contributed by atoms with Crippen molar-refractivity contribution in [2.45, 2.75) is 18.7 Å². The largest absolute Gasteiger partial charge is 0.296 e. The summed E-state index contributed by atoms with van der Waals surface area (Å²) >= 11 is 1.29. The zero-order valence-electron chi connectivity index (χ0n) is 14.8. The second kappa shape index (κ2) is 7.74. The second-order valence-electron chi connectivity index (χ2n) is 6.26. The molecule has 0 bridgehead atoms. The van der Waals surface area contributed by atoms with Crippen LogP contribution in [0.2, 0.25) is 0 Å². The Balaban J connectivity index is 1.46. The molecule has 4 rings (SSSR count). The molecule has 0 atom stereocenters. The number of hydrogen-bond acceptors (Lipinski definition) is 7. The number of thiazole rings is 1. The number of amides is 1. The Morgan fingerprint density at radius 3 is 2.79 bits per heavy atom. The highest BCUT2D eigenvalue weighted by atomic mass is 32.2. The van der Waals surface area contributed by atoms with E-state index in [4.69, 9.17) is 0 Å². The first-order valence-electron chi connectivity index (χ1n) is 8.59. The van der Waals surface area contributed by atoms with Crippen molar-refractivity contribution in [3.05, 3.63) is 70.8 Å². The normalized spacial score (nSPS) is 14.4. The number of rotatable bonds is 5. The van der Waals surface area contributed by atoms with Crippen LogP contribution >= 0.6 is 11.3 Å². The maximum Gasteiger partial charge on any atom is 0.277 e. The van der Waals surface area contributed by atoms with E-state index >= 15 is 0 Å². The summed E-state index contributed by atoms with van der Waals surface area (Å²) in [6.45, 7) is 0.645. The number of sulfonamides is 1. The molecule has 0 radical (unpaired) electrons. The molecule has 2 aromatic heterocycles. The first-order chi connectivity index (χ1) is 13.5. The number of nitrogens with zero attached hydrogens (tertiary/aromatic N) is 4. The third-order valence-corrected chi connectivity index (χ3v) is 7.09. The van der Waals surface area contributed by atoms with Gasteiger partial charge in [-0.2, -0.15) is 4.31 Å². The molecular formula is C18H17N5O3S2. The zero-order chi connectivity index (χ0) is 19.6. The van der Waals surface area contributed by atoms with Gasteiger partial charge in [-0.3, -0.25) is 15.1 Å². The van der Waals surface area contributed by atoms with Crippen LogP contribution in [0.5, 0.6) is 0 Å². The molecule has 10 heteroatoms. The molecule has 0 fully saturated rings. The summed E-state index contributed by atoms with van der Waals surface area (Å²) in [5.74, 6) is -0.425. The van der Waals surface area contributed by atoms with Crippen molar-refractivity contribution in [2.75, 3.05) is 11.9 Å². The first kappa shape index (κ1) is 18.7. The summed E-state index contributed by atoms with van der Waals surface area (Å²) in [5, 5.41) is 3.14. The van der Waals surface area contributed by atoms with Crippen molar-refractivity contribution < 1.29 is 13.2 Å². The highest BCUT2D eigenvalue weighted by molar-refractivity contribution is 7.88. The Kier molecular flexibility index (Phi) is 5.16. The fourth-order valence-corrected chi connectivity index (χ4v) is 5.51. The molecule has 28 heavy (non-hydrogen) atoms. The number of nitrogens with one attached hydrogen (secondary N) is 1. The molecule has 1 aliphatic heterocycles. The molecular weight excluding hydrogens is 398 g/mol. The van der Waals surface area contributed by atoms with Gasteiger partial charge in [-0.25, -0.2) is 18.4 Å². The smallest absolute Gasteiger partial charge is 0.277 e. The fourth-order valence-electron chi connectivity index (χ4n) is 2.92. The van der Waals surface area contributed by atoms with Crippen LogP contribution in [0.15, 0.2) is 48.9 Å². The number of benzene rings is 1. The van der Waals surface area contributed by atoms with Crippen molar-refractivity contribution in [3.63, 3.8) is 0 Å². The summed E-state index contributed by atoms with van der Waals surface area (Å²) in [7, 11) is -3.43. The minimum absolute atomic E-state index is 0.0295. The van der Waals surface area contributed by atoms with Crippen molar-refractivity contribution in [3.8, 4) is 0 Å². The van der Waals surface area contributed by atoms with Crippen LogP contribution in [0.25, 0.3) is 0 Å². The zero-order valence-corrected chi connectivity index (χ0v) is 16.4. The highest BCUT2D eigenvalue weighted by Gasteiger charge is 2.29. The minimum atomic E-state index is -3.43. The first-order valence-corrected chi connectivity index (χ1v) is 11.0. The maximum atomic E-state index is 12.8. The fraction of sp³-hybridized carbons (Fsp3) is 0.222. The molecule has 0 spiro atoms. The van der Waals surface area contributed by atoms with Gasteiger partial charge < -0.3 is 0 Å². The average molecular weight is 416 g/mol. The van der Waals surface area contributed by atoms with E-state index in [1.54, 1.807) is 12.1 Å². The van der Waals surface area contributed by atoms with Gasteiger partial charge in [0.05, 0.1) is 17.6 Å². The monoisotopic (exact) mass is 415 g/mol. The van der Waals surface area contributed by atoms with Crippen LogP contribution in [0.3, 0.4) is 0 Å². The van der Waals surface area contributed by atoms with Crippen molar-refractivity contribution in [1.82, 2.24) is 19.3 Å². The van der Waals surface area contributed by atoms with Crippen LogP contribution in [-0.4, -0.2) is 40.1 Å². The average Bonchev–Trinajstić information content (AvgIpc) is 3.10. The molecule has 8 nitrogen and oxygen atoms in total. The lowest BCUT2D eigenvalue weighted by Crippen LogP contribution is -2.36. The molecule has 1 aliphatic rings. The lowest BCUT2D eigenvalue weighted by molar-refractivity contribution is 0.102. The minimum Gasteiger partial charge on any atom is -0.296 e. The van der Waals surface area contributed by atoms with Crippen LogP contribution in [-0.2, 0) is 28.7 Å². The molecule has 3 aromatic rings. The van der Waals surface area contributed by atoms with E-state index in [1.807, 2.05) is 18.2 Å². The third kappa shape index (κ3) is 4.08. The summed E-state index contributed by atoms with van der Waals surface area (Å²) in [5.41, 5.74) is 1.78. The van der Waals surface area contributed by atoms with E-state index in [2.05, 4.69) is 20.3 Å². The van der Waals surface area contributed by atoms with E-state index in [1.165, 1.54) is 34.2 Å². The summed E-state index contributed by atoms with van der Waals surface area (Å²) in [6, 6.07) is 9.12. The molecule has 144 valence electrons. The van der Waals surface area contributed by atoms with Crippen LogP contribution < -0.4 is 5.32 Å². The molecule has 1 N–H and O–H groups in total.